The Labute approximate surface area is 173 Å². The highest BCUT2D eigenvalue weighted by Crippen LogP contribution is 2.28. The van der Waals surface area contributed by atoms with Crippen LogP contribution in [0.25, 0.3) is 11.0 Å². The van der Waals surface area contributed by atoms with Crippen molar-refractivity contribution in [3.8, 4) is 5.75 Å². The van der Waals surface area contributed by atoms with Gasteiger partial charge in [0.2, 0.25) is 0 Å². The van der Waals surface area contributed by atoms with Gasteiger partial charge in [0.15, 0.2) is 11.9 Å². The maximum absolute atomic E-state index is 6.29. The zero-order valence-electron chi connectivity index (χ0n) is 17.9. The molecule has 3 nitrogen and oxygen atoms in total. The van der Waals surface area contributed by atoms with Gasteiger partial charge in [-0.15, -0.1) is 0 Å². The molecule has 148 valence electrons. The molecule has 0 spiro atoms. The molecule has 0 amide bonds. The molecular weight excluding hydrogens is 356 g/mol. The van der Waals surface area contributed by atoms with Gasteiger partial charge < -0.3 is 9.30 Å². The smallest absolute Gasteiger partial charge is 0.153 e. The number of nitrogens with zero attached hydrogens (tertiary/aromatic N) is 2. The number of aromatic nitrogens is 2. The van der Waals surface area contributed by atoms with E-state index in [2.05, 4.69) is 81.7 Å². The second kappa shape index (κ2) is 7.75. The lowest BCUT2D eigenvalue weighted by Crippen LogP contribution is -2.14. The molecule has 0 aliphatic carbocycles. The molecule has 4 rings (SSSR count). The van der Waals surface area contributed by atoms with Gasteiger partial charge in [-0.1, -0.05) is 42.0 Å². The van der Waals surface area contributed by atoms with E-state index in [0.29, 0.717) is 0 Å². The molecule has 4 aromatic rings. The molecule has 3 heteroatoms. The van der Waals surface area contributed by atoms with Crippen molar-refractivity contribution in [2.45, 2.75) is 47.3 Å². The third kappa shape index (κ3) is 3.91. The molecule has 0 bridgehead atoms. The fraction of sp³-hybridized carbons (Fsp3) is 0.269. The number of aryl methyl sites for hydroxylation is 4. The lowest BCUT2D eigenvalue weighted by Gasteiger charge is -2.19. The van der Waals surface area contributed by atoms with Crippen molar-refractivity contribution in [2.75, 3.05) is 0 Å². The van der Waals surface area contributed by atoms with Gasteiger partial charge in [-0.2, -0.15) is 0 Å². The van der Waals surface area contributed by atoms with E-state index in [1.165, 1.54) is 27.8 Å². The molecule has 0 saturated carbocycles. The van der Waals surface area contributed by atoms with Crippen molar-refractivity contribution in [1.82, 2.24) is 9.55 Å². The van der Waals surface area contributed by atoms with E-state index in [4.69, 9.17) is 9.72 Å². The van der Waals surface area contributed by atoms with Crippen molar-refractivity contribution in [3.05, 3.63) is 94.3 Å². The summed E-state index contributed by atoms with van der Waals surface area (Å²) in [6.45, 7) is 11.5. The quantitative estimate of drug-likeness (QED) is 0.395. The van der Waals surface area contributed by atoms with Crippen LogP contribution >= 0.6 is 0 Å². The Morgan fingerprint density at radius 2 is 1.59 bits per heavy atom. The van der Waals surface area contributed by atoms with Gasteiger partial charge in [-0.3, -0.25) is 0 Å². The highest BCUT2D eigenvalue weighted by atomic mass is 16.5. The summed E-state index contributed by atoms with van der Waals surface area (Å²) in [4.78, 5) is 4.94. The highest BCUT2D eigenvalue weighted by molar-refractivity contribution is 5.76. The highest BCUT2D eigenvalue weighted by Gasteiger charge is 2.19. The summed E-state index contributed by atoms with van der Waals surface area (Å²) >= 11 is 0. The number of benzene rings is 3. The average molecular weight is 385 g/mol. The third-order valence-corrected chi connectivity index (χ3v) is 5.51. The van der Waals surface area contributed by atoms with E-state index < -0.39 is 0 Å². The zero-order valence-corrected chi connectivity index (χ0v) is 17.9. The summed E-state index contributed by atoms with van der Waals surface area (Å²) in [6.07, 6.45) is -0.157. The van der Waals surface area contributed by atoms with Crippen LogP contribution in [0.1, 0.15) is 46.7 Å². The van der Waals surface area contributed by atoms with Crippen LogP contribution in [-0.4, -0.2) is 9.55 Å². The third-order valence-electron chi connectivity index (χ3n) is 5.51. The Hall–Kier alpha value is -3.07. The van der Waals surface area contributed by atoms with Crippen molar-refractivity contribution < 1.29 is 4.74 Å². The SMILES string of the molecule is Cc1cccc(OC(C)c2nc3ccccc3n2Cc2c(C)cc(C)cc2C)c1. The maximum atomic E-state index is 6.29. The first-order valence-electron chi connectivity index (χ1n) is 10.2. The van der Waals surface area contributed by atoms with Crippen LogP contribution in [-0.2, 0) is 6.54 Å². The Morgan fingerprint density at radius 3 is 2.31 bits per heavy atom. The van der Waals surface area contributed by atoms with Crippen LogP contribution in [0, 0.1) is 27.7 Å². The minimum Gasteiger partial charge on any atom is -0.483 e. The first kappa shape index (κ1) is 19.3. The Kier molecular flexibility index (Phi) is 5.14. The maximum Gasteiger partial charge on any atom is 0.153 e. The van der Waals surface area contributed by atoms with Crippen LogP contribution in [0.3, 0.4) is 0 Å². The molecule has 0 aliphatic heterocycles. The first-order valence-corrected chi connectivity index (χ1v) is 10.2. The zero-order chi connectivity index (χ0) is 20.5. The number of hydrogen-bond acceptors (Lipinski definition) is 2. The Bertz CT molecular complexity index is 1150. The fourth-order valence-electron chi connectivity index (χ4n) is 4.13. The molecule has 1 unspecified atom stereocenters. The topological polar surface area (TPSA) is 27.1 Å². The molecule has 0 aliphatic rings. The van der Waals surface area contributed by atoms with E-state index >= 15 is 0 Å². The number of imidazole rings is 1. The molecular formula is C26H28N2O. The van der Waals surface area contributed by atoms with Crippen LogP contribution in [0.15, 0.2) is 60.7 Å². The van der Waals surface area contributed by atoms with Crippen molar-refractivity contribution >= 4 is 11.0 Å². The summed E-state index contributed by atoms with van der Waals surface area (Å²) in [5.74, 6) is 1.82. The predicted molar refractivity (Wildman–Crippen MR) is 120 cm³/mol. The Balaban J connectivity index is 1.77. The van der Waals surface area contributed by atoms with Crippen molar-refractivity contribution in [2.24, 2.45) is 0 Å². The second-order valence-electron chi connectivity index (χ2n) is 8.00. The van der Waals surface area contributed by atoms with Gasteiger partial charge in [0.25, 0.3) is 0 Å². The summed E-state index contributed by atoms with van der Waals surface area (Å²) in [5.41, 5.74) is 8.62. The lowest BCUT2D eigenvalue weighted by atomic mass is 9.99. The molecule has 0 N–H and O–H groups in total. The van der Waals surface area contributed by atoms with Gasteiger partial charge in [-0.05, 0) is 81.1 Å². The predicted octanol–water partition coefficient (Wildman–Crippen LogP) is 6.46. The van der Waals surface area contributed by atoms with Crippen LogP contribution < -0.4 is 4.74 Å². The van der Waals surface area contributed by atoms with Crippen LogP contribution in [0.4, 0.5) is 0 Å². The van der Waals surface area contributed by atoms with E-state index in [1.807, 2.05) is 18.2 Å². The van der Waals surface area contributed by atoms with Crippen LogP contribution in [0.2, 0.25) is 0 Å². The minimum atomic E-state index is -0.157. The van der Waals surface area contributed by atoms with E-state index in [1.54, 1.807) is 0 Å². The number of para-hydroxylation sites is 2. The molecule has 3 aromatic carbocycles. The molecule has 0 saturated heterocycles. The largest absolute Gasteiger partial charge is 0.483 e. The van der Waals surface area contributed by atoms with E-state index in [0.717, 1.165) is 29.2 Å². The molecule has 0 fully saturated rings. The fourth-order valence-corrected chi connectivity index (χ4v) is 4.13. The summed E-state index contributed by atoms with van der Waals surface area (Å²) in [6, 6.07) is 21.0. The van der Waals surface area contributed by atoms with Gasteiger partial charge in [0.1, 0.15) is 5.75 Å². The van der Waals surface area contributed by atoms with Gasteiger partial charge in [0.05, 0.1) is 11.0 Å². The standard InChI is InChI=1S/C26H28N2O/c1-17-9-8-10-22(15-17)29-21(5)26-27-24-11-6-7-12-25(24)28(26)16-23-19(3)13-18(2)14-20(23)4/h6-15,21H,16H2,1-5H3. The Morgan fingerprint density at radius 1 is 0.862 bits per heavy atom. The van der Waals surface area contributed by atoms with Gasteiger partial charge >= 0.3 is 0 Å². The summed E-state index contributed by atoms with van der Waals surface area (Å²) in [5, 5.41) is 0. The molecule has 1 heterocycles. The lowest BCUT2D eigenvalue weighted by molar-refractivity contribution is 0.212. The van der Waals surface area contributed by atoms with Gasteiger partial charge in [0, 0.05) is 6.54 Å². The van der Waals surface area contributed by atoms with E-state index in [-0.39, 0.29) is 6.10 Å². The first-order chi connectivity index (χ1) is 13.9. The number of fused-ring (bicyclic) bond motifs is 1. The summed E-state index contributed by atoms with van der Waals surface area (Å²) < 4.78 is 8.59. The van der Waals surface area contributed by atoms with Gasteiger partial charge in [-0.25, -0.2) is 4.98 Å². The normalized spacial score (nSPS) is 12.3. The molecule has 1 aromatic heterocycles. The molecule has 1 atom stereocenters. The van der Waals surface area contributed by atoms with E-state index in [9.17, 15) is 0 Å². The number of rotatable bonds is 5. The molecule has 0 radical (unpaired) electrons. The summed E-state index contributed by atoms with van der Waals surface area (Å²) in [7, 11) is 0. The monoisotopic (exact) mass is 384 g/mol. The second-order valence-corrected chi connectivity index (χ2v) is 8.00. The number of ether oxygens (including phenoxy) is 1. The van der Waals surface area contributed by atoms with Crippen molar-refractivity contribution in [1.29, 1.82) is 0 Å². The van der Waals surface area contributed by atoms with Crippen molar-refractivity contribution in [3.63, 3.8) is 0 Å². The molecule has 29 heavy (non-hydrogen) atoms. The van der Waals surface area contributed by atoms with Crippen LogP contribution in [0.5, 0.6) is 5.75 Å². The minimum absolute atomic E-state index is 0.157. The average Bonchev–Trinajstić information content (AvgIpc) is 3.03. The number of hydrogen-bond donors (Lipinski definition) is 0.